The number of fused-ring (bicyclic) bond motifs is 1. The van der Waals surface area contributed by atoms with Crippen LogP contribution in [0, 0.1) is 0 Å². The van der Waals surface area contributed by atoms with Crippen molar-refractivity contribution >= 4 is 29.1 Å². The number of nitrogens with one attached hydrogen (secondary N) is 2. The Bertz CT molecular complexity index is 764. The smallest absolute Gasteiger partial charge is 0.276 e. The van der Waals surface area contributed by atoms with Gasteiger partial charge in [0.05, 0.1) is 5.69 Å². The van der Waals surface area contributed by atoms with E-state index in [1.54, 1.807) is 22.7 Å². The maximum atomic E-state index is 12.4. The van der Waals surface area contributed by atoms with E-state index in [1.165, 1.54) is 6.33 Å². The molecule has 0 aliphatic carbocycles. The van der Waals surface area contributed by atoms with Crippen LogP contribution < -0.4 is 5.32 Å². The third-order valence-corrected chi connectivity index (χ3v) is 3.09. The Hall–Kier alpha value is -2.41. The highest BCUT2D eigenvalue weighted by atomic mass is 35.5. The molecule has 0 unspecified atom stereocenters. The van der Waals surface area contributed by atoms with Gasteiger partial charge in [0.1, 0.15) is 17.7 Å². The number of nitrogens with zero attached hydrogens (tertiary/aromatic N) is 4. The van der Waals surface area contributed by atoms with E-state index in [4.69, 9.17) is 11.6 Å². The highest BCUT2D eigenvalue weighted by molar-refractivity contribution is 6.30. The summed E-state index contributed by atoms with van der Waals surface area (Å²) in [6.07, 6.45) is 3.68. The highest BCUT2D eigenvalue weighted by Gasteiger charge is 2.19. The Morgan fingerprint density at radius 1 is 1.55 bits per heavy atom. The Balaban J connectivity index is 2.07. The molecule has 102 valence electrons. The summed E-state index contributed by atoms with van der Waals surface area (Å²) < 4.78 is 1.70. The Morgan fingerprint density at radius 2 is 2.40 bits per heavy atom. The number of rotatable bonds is 3. The molecule has 0 fully saturated rings. The number of imidazole rings is 1. The molecule has 0 aromatic carbocycles. The number of hydrogen-bond donors (Lipinski definition) is 2. The monoisotopic (exact) mass is 290 g/mol. The lowest BCUT2D eigenvalue weighted by Crippen LogP contribution is -2.17. The average molecular weight is 291 g/mol. The molecule has 20 heavy (non-hydrogen) atoms. The van der Waals surface area contributed by atoms with Crippen molar-refractivity contribution in [2.24, 2.45) is 0 Å². The first-order valence-electron chi connectivity index (χ1n) is 6.02. The molecule has 0 bridgehead atoms. The molecule has 7 nitrogen and oxygen atoms in total. The zero-order chi connectivity index (χ0) is 14.1. The first-order chi connectivity index (χ1) is 9.69. The topological polar surface area (TPSA) is 88.0 Å². The number of pyridine rings is 1. The van der Waals surface area contributed by atoms with E-state index < -0.39 is 0 Å². The minimum atomic E-state index is -0.298. The predicted octanol–water partition coefficient (Wildman–Crippen LogP) is 1.92. The van der Waals surface area contributed by atoms with E-state index >= 15 is 0 Å². The van der Waals surface area contributed by atoms with Crippen LogP contribution >= 0.6 is 11.6 Å². The summed E-state index contributed by atoms with van der Waals surface area (Å²) in [7, 11) is 0. The van der Waals surface area contributed by atoms with Crippen LogP contribution in [0.25, 0.3) is 5.65 Å². The summed E-state index contributed by atoms with van der Waals surface area (Å²) in [4.78, 5) is 20.6. The number of amides is 1. The molecule has 0 aliphatic heterocycles. The fourth-order valence-electron chi connectivity index (χ4n) is 1.99. The molecule has 3 aromatic heterocycles. The molecule has 0 aliphatic rings. The average Bonchev–Trinajstić information content (AvgIpc) is 3.04. The van der Waals surface area contributed by atoms with E-state index in [0.717, 1.165) is 0 Å². The van der Waals surface area contributed by atoms with Crippen molar-refractivity contribution in [2.45, 2.75) is 13.3 Å². The maximum Gasteiger partial charge on any atom is 0.276 e. The minimum Gasteiger partial charge on any atom is -0.295 e. The SMILES string of the molecule is CCc1nc2cc(Cl)ccn2c1C(=O)Nc1ncn[nH]1. The quantitative estimate of drug-likeness (QED) is 0.771. The van der Waals surface area contributed by atoms with Crippen molar-refractivity contribution in [1.82, 2.24) is 24.6 Å². The molecule has 0 radical (unpaired) electrons. The number of carbonyl (C=O) groups is 1. The second kappa shape index (κ2) is 4.93. The van der Waals surface area contributed by atoms with Crippen LogP contribution in [0.2, 0.25) is 5.02 Å². The van der Waals surface area contributed by atoms with Crippen molar-refractivity contribution in [2.75, 3.05) is 5.32 Å². The van der Waals surface area contributed by atoms with E-state index in [9.17, 15) is 4.79 Å². The second-order valence-electron chi connectivity index (χ2n) is 4.12. The minimum absolute atomic E-state index is 0.293. The van der Waals surface area contributed by atoms with Gasteiger partial charge in [-0.3, -0.25) is 14.5 Å². The van der Waals surface area contributed by atoms with Gasteiger partial charge in [-0.1, -0.05) is 18.5 Å². The zero-order valence-electron chi connectivity index (χ0n) is 10.6. The molecule has 0 saturated heterocycles. The first-order valence-corrected chi connectivity index (χ1v) is 6.40. The van der Waals surface area contributed by atoms with Gasteiger partial charge in [-0.25, -0.2) is 10.1 Å². The van der Waals surface area contributed by atoms with Crippen molar-refractivity contribution in [3.05, 3.63) is 41.1 Å². The van der Waals surface area contributed by atoms with Crippen LogP contribution in [0.3, 0.4) is 0 Å². The van der Waals surface area contributed by atoms with Gasteiger partial charge >= 0.3 is 0 Å². The molecule has 0 atom stereocenters. The predicted molar refractivity (Wildman–Crippen MR) is 73.9 cm³/mol. The summed E-state index contributed by atoms with van der Waals surface area (Å²) in [5.74, 6) is -0.00520. The second-order valence-corrected chi connectivity index (χ2v) is 4.56. The number of hydrogen-bond acceptors (Lipinski definition) is 4. The summed E-state index contributed by atoms with van der Waals surface area (Å²) in [6.45, 7) is 1.94. The van der Waals surface area contributed by atoms with Gasteiger partial charge in [-0.15, -0.1) is 0 Å². The van der Waals surface area contributed by atoms with Crippen molar-refractivity contribution in [1.29, 1.82) is 0 Å². The lowest BCUT2D eigenvalue weighted by Gasteiger charge is -2.03. The standard InChI is InChI=1S/C12H11ClN6O/c1-2-8-10(11(20)17-12-14-6-15-18-12)19-4-3-7(13)5-9(19)16-8/h3-6H,2H2,1H3,(H2,14,15,17,18,20). The van der Waals surface area contributed by atoms with E-state index in [1.807, 2.05) is 6.92 Å². The lowest BCUT2D eigenvalue weighted by atomic mass is 10.2. The van der Waals surface area contributed by atoms with Crippen molar-refractivity contribution in [3.8, 4) is 0 Å². The Labute approximate surface area is 119 Å². The van der Waals surface area contributed by atoms with Gasteiger partial charge in [0.2, 0.25) is 5.95 Å². The van der Waals surface area contributed by atoms with Gasteiger partial charge < -0.3 is 0 Å². The van der Waals surface area contributed by atoms with Crippen LogP contribution in [0.4, 0.5) is 5.95 Å². The van der Waals surface area contributed by atoms with Gasteiger partial charge in [0.25, 0.3) is 5.91 Å². The largest absolute Gasteiger partial charge is 0.295 e. The number of halogens is 1. The van der Waals surface area contributed by atoms with Crippen molar-refractivity contribution in [3.63, 3.8) is 0 Å². The summed E-state index contributed by atoms with van der Waals surface area (Å²) in [5.41, 5.74) is 1.80. The third-order valence-electron chi connectivity index (χ3n) is 2.86. The van der Waals surface area contributed by atoms with Crippen LogP contribution in [-0.2, 0) is 6.42 Å². The van der Waals surface area contributed by atoms with Gasteiger partial charge in [0, 0.05) is 17.3 Å². The van der Waals surface area contributed by atoms with Gasteiger partial charge in [0.15, 0.2) is 0 Å². The van der Waals surface area contributed by atoms with Crippen LogP contribution in [0.1, 0.15) is 23.1 Å². The molecular formula is C12H11ClN6O. The number of carbonyl (C=O) groups excluding carboxylic acids is 1. The van der Waals surface area contributed by atoms with E-state index in [0.29, 0.717) is 34.4 Å². The molecule has 1 amide bonds. The normalized spacial score (nSPS) is 10.9. The molecule has 3 rings (SSSR count). The number of aryl methyl sites for hydroxylation is 1. The summed E-state index contributed by atoms with van der Waals surface area (Å²) in [6, 6.07) is 3.42. The number of aromatic amines is 1. The third kappa shape index (κ3) is 2.12. The molecule has 8 heteroatoms. The molecule has 0 spiro atoms. The molecule has 3 aromatic rings. The number of H-pyrrole nitrogens is 1. The first kappa shape index (κ1) is 12.6. The van der Waals surface area contributed by atoms with Crippen LogP contribution in [0.5, 0.6) is 0 Å². The van der Waals surface area contributed by atoms with E-state index in [2.05, 4.69) is 25.5 Å². The molecule has 3 heterocycles. The van der Waals surface area contributed by atoms with E-state index in [-0.39, 0.29) is 5.91 Å². The Kier molecular flexibility index (Phi) is 3.11. The lowest BCUT2D eigenvalue weighted by molar-refractivity contribution is 0.101. The zero-order valence-corrected chi connectivity index (χ0v) is 11.3. The summed E-state index contributed by atoms with van der Waals surface area (Å²) in [5, 5.41) is 9.48. The number of aromatic nitrogens is 5. The van der Waals surface area contributed by atoms with Crippen LogP contribution in [0.15, 0.2) is 24.7 Å². The van der Waals surface area contributed by atoms with Gasteiger partial charge in [-0.05, 0) is 12.5 Å². The molecular weight excluding hydrogens is 280 g/mol. The molecule has 2 N–H and O–H groups in total. The van der Waals surface area contributed by atoms with Crippen LogP contribution in [-0.4, -0.2) is 30.5 Å². The maximum absolute atomic E-state index is 12.4. The fourth-order valence-corrected chi connectivity index (χ4v) is 2.14. The van der Waals surface area contributed by atoms with Crippen molar-refractivity contribution < 1.29 is 4.79 Å². The Morgan fingerprint density at radius 3 is 3.10 bits per heavy atom. The summed E-state index contributed by atoms with van der Waals surface area (Å²) >= 11 is 5.94. The number of anilines is 1. The van der Waals surface area contributed by atoms with Gasteiger partial charge in [-0.2, -0.15) is 10.1 Å². The fraction of sp³-hybridized carbons (Fsp3) is 0.167. The highest BCUT2D eigenvalue weighted by Crippen LogP contribution is 2.18. The molecule has 0 saturated carbocycles.